The summed E-state index contributed by atoms with van der Waals surface area (Å²) < 4.78 is 0. The normalized spacial score (nSPS) is 14.2. The van der Waals surface area contributed by atoms with E-state index in [1.54, 1.807) is 42.5 Å². The van der Waals surface area contributed by atoms with Crippen molar-refractivity contribution >= 4 is 34.5 Å². The van der Waals surface area contributed by atoms with Crippen molar-refractivity contribution in [2.75, 3.05) is 0 Å². The molecule has 0 spiro atoms. The molecule has 0 radical (unpaired) electrons. The molecular weight excluding hydrogens is 444 g/mol. The number of hydrogen-bond donors (Lipinski definition) is 0. The third-order valence-corrected chi connectivity index (χ3v) is 6.27. The molecule has 35 heavy (non-hydrogen) atoms. The molecule has 0 atom stereocenters. The van der Waals surface area contributed by atoms with E-state index >= 15 is 0 Å². The number of hydrogen-bond acceptors (Lipinski definition) is 6. The van der Waals surface area contributed by atoms with Crippen LogP contribution in [0.2, 0.25) is 0 Å². The number of nitrogens with zero attached hydrogens (tertiary/aromatic N) is 2. The third kappa shape index (κ3) is 2.92. The summed E-state index contributed by atoms with van der Waals surface area (Å²) in [6.45, 7) is 0. The van der Waals surface area contributed by atoms with Crippen molar-refractivity contribution in [2.45, 2.75) is 0 Å². The van der Waals surface area contributed by atoms with E-state index in [-0.39, 0.29) is 66.7 Å². The highest BCUT2D eigenvalue weighted by Gasteiger charge is 2.35. The van der Waals surface area contributed by atoms with Gasteiger partial charge in [-0.2, -0.15) is 0 Å². The smallest absolute Gasteiger partial charge is 0.256 e. The fourth-order valence-electron chi connectivity index (χ4n) is 4.65. The summed E-state index contributed by atoms with van der Waals surface area (Å²) in [5, 5.41) is 17.3. The summed E-state index contributed by atoms with van der Waals surface area (Å²) in [5.74, 6) is -1.57. The first-order chi connectivity index (χ1) is 17.0. The lowest BCUT2D eigenvalue weighted by molar-refractivity contribution is -0.435. The molecule has 0 unspecified atom stereocenters. The molecule has 0 N–H and O–H groups in total. The highest BCUT2D eigenvalue weighted by Crippen LogP contribution is 2.36. The van der Waals surface area contributed by atoms with Gasteiger partial charge in [-0.1, -0.05) is 66.7 Å². The van der Waals surface area contributed by atoms with E-state index in [1.807, 2.05) is 0 Å². The molecule has 0 saturated heterocycles. The average molecular weight is 458 g/mol. The van der Waals surface area contributed by atoms with Gasteiger partial charge in [0.25, 0.3) is 5.69 Å². The molecule has 7 nitrogen and oxygen atoms in total. The van der Waals surface area contributed by atoms with Gasteiger partial charge in [0.15, 0.2) is 17.3 Å². The summed E-state index contributed by atoms with van der Waals surface area (Å²) in [7, 11) is 0. The maximum Gasteiger partial charge on any atom is 0.256 e. The van der Waals surface area contributed by atoms with Crippen LogP contribution in [-0.4, -0.2) is 28.0 Å². The van der Waals surface area contributed by atoms with E-state index in [1.165, 1.54) is 42.5 Å². The second-order valence-corrected chi connectivity index (χ2v) is 8.18. The zero-order valence-corrected chi connectivity index (χ0v) is 18.0. The number of carbonyl (C=O) groups excluding carboxylic acids is 4. The second-order valence-electron chi connectivity index (χ2n) is 8.18. The minimum Gasteiger partial charge on any atom is -0.594 e. The number of rotatable bonds is 2. The molecule has 0 heterocycles. The van der Waals surface area contributed by atoms with E-state index in [2.05, 4.69) is 5.11 Å². The summed E-state index contributed by atoms with van der Waals surface area (Å²) in [6, 6.07) is 21.8. The van der Waals surface area contributed by atoms with Gasteiger partial charge in [0.1, 0.15) is 11.3 Å². The maximum absolute atomic E-state index is 13.3. The summed E-state index contributed by atoms with van der Waals surface area (Å²) in [4.78, 5) is 52.7. The Balaban J connectivity index is 1.51. The third-order valence-electron chi connectivity index (χ3n) is 6.27. The minimum atomic E-state index is -0.461. The van der Waals surface area contributed by atoms with Crippen molar-refractivity contribution in [1.29, 1.82) is 0 Å². The van der Waals surface area contributed by atoms with Crippen LogP contribution in [0.5, 0.6) is 0 Å². The van der Waals surface area contributed by atoms with Gasteiger partial charge in [0, 0.05) is 44.6 Å². The lowest BCUT2D eigenvalue weighted by Crippen LogP contribution is -2.22. The number of fused-ring (bicyclic) bond motifs is 4. The van der Waals surface area contributed by atoms with Crippen LogP contribution >= 0.6 is 0 Å². The fraction of sp³-hybridized carbons (Fsp3) is 0. The standard InChI is InChI=1S/C28H14N2O5/c31-25-15-7-1-3-9-17(15)27(33)23-19(25)11-5-13-21(23)29-30(35)22-14-6-12-20-24(22)28(34)18-10-4-2-8-16(18)26(20)32/h1-14H. The van der Waals surface area contributed by atoms with Crippen LogP contribution in [0.3, 0.4) is 0 Å². The molecule has 2 aliphatic carbocycles. The molecule has 4 aromatic carbocycles. The van der Waals surface area contributed by atoms with Crippen LogP contribution in [-0.2, 0) is 0 Å². The Morgan fingerprint density at radius 1 is 0.486 bits per heavy atom. The SMILES string of the molecule is O=C1c2ccccc2C(=O)c2c(N=[N+]([O-])c3cccc4c3C(=O)c3ccccc3C4=O)cccc21. The van der Waals surface area contributed by atoms with Crippen LogP contribution < -0.4 is 0 Å². The number of carbonyl (C=O) groups is 4. The number of benzene rings is 4. The molecule has 0 aliphatic heterocycles. The van der Waals surface area contributed by atoms with Crippen molar-refractivity contribution in [3.63, 3.8) is 0 Å². The molecule has 2 aliphatic rings. The van der Waals surface area contributed by atoms with E-state index < -0.39 is 11.6 Å². The van der Waals surface area contributed by atoms with E-state index in [0.717, 1.165) is 0 Å². The molecule has 6 rings (SSSR count). The predicted octanol–water partition coefficient (Wildman–Crippen LogP) is 5.16. The zero-order valence-electron chi connectivity index (χ0n) is 18.0. The maximum atomic E-state index is 13.3. The summed E-state index contributed by atoms with van der Waals surface area (Å²) in [5.41, 5.74) is 1.12. The highest BCUT2D eigenvalue weighted by atomic mass is 16.5. The quantitative estimate of drug-likeness (QED) is 0.202. The number of ketones is 4. The molecule has 0 aromatic heterocycles. The highest BCUT2D eigenvalue weighted by molar-refractivity contribution is 6.30. The van der Waals surface area contributed by atoms with Crippen LogP contribution in [0.1, 0.15) is 63.7 Å². The van der Waals surface area contributed by atoms with Crippen molar-refractivity contribution < 1.29 is 24.0 Å². The zero-order chi connectivity index (χ0) is 24.3. The minimum absolute atomic E-state index is 0.00191. The van der Waals surface area contributed by atoms with Gasteiger partial charge in [-0.3, -0.25) is 19.2 Å². The van der Waals surface area contributed by atoms with E-state index in [0.29, 0.717) is 5.56 Å². The fourth-order valence-corrected chi connectivity index (χ4v) is 4.65. The molecule has 0 fully saturated rings. The first-order valence-corrected chi connectivity index (χ1v) is 10.8. The molecule has 4 aromatic rings. The van der Waals surface area contributed by atoms with Crippen molar-refractivity contribution in [3.8, 4) is 0 Å². The molecular formula is C28H14N2O5. The van der Waals surface area contributed by atoms with E-state index in [9.17, 15) is 24.4 Å². The Hall–Kier alpha value is -5.04. The number of azo groups is 1. The van der Waals surface area contributed by atoms with Crippen LogP contribution in [0, 0.1) is 5.21 Å². The van der Waals surface area contributed by atoms with Gasteiger partial charge >= 0.3 is 0 Å². The largest absolute Gasteiger partial charge is 0.594 e. The van der Waals surface area contributed by atoms with Crippen molar-refractivity contribution in [2.24, 2.45) is 5.11 Å². The lowest BCUT2D eigenvalue weighted by Gasteiger charge is -2.19. The Bertz CT molecular complexity index is 1680. The molecule has 0 saturated carbocycles. The first-order valence-electron chi connectivity index (χ1n) is 10.8. The van der Waals surface area contributed by atoms with Crippen LogP contribution in [0.15, 0.2) is 90.0 Å². The van der Waals surface area contributed by atoms with Gasteiger partial charge in [-0.25, -0.2) is 0 Å². The van der Waals surface area contributed by atoms with Gasteiger partial charge < -0.3 is 5.21 Å². The van der Waals surface area contributed by atoms with Gasteiger partial charge in [-0.05, 0) is 17.0 Å². The van der Waals surface area contributed by atoms with Crippen molar-refractivity contribution in [1.82, 2.24) is 0 Å². The molecule has 7 heteroatoms. The van der Waals surface area contributed by atoms with Crippen LogP contribution in [0.25, 0.3) is 0 Å². The monoisotopic (exact) mass is 458 g/mol. The Labute approximate surface area is 198 Å². The van der Waals surface area contributed by atoms with Gasteiger partial charge in [0.05, 0.1) is 5.56 Å². The molecule has 166 valence electrons. The van der Waals surface area contributed by atoms with Gasteiger partial charge in [-0.15, -0.1) is 0 Å². The first kappa shape index (κ1) is 20.6. The predicted molar refractivity (Wildman–Crippen MR) is 125 cm³/mol. The molecule has 0 bridgehead atoms. The Kier molecular flexibility index (Phi) is 4.40. The summed E-state index contributed by atoms with van der Waals surface area (Å²) >= 11 is 0. The summed E-state index contributed by atoms with van der Waals surface area (Å²) in [6.07, 6.45) is 0. The van der Waals surface area contributed by atoms with Crippen molar-refractivity contribution in [3.05, 3.63) is 135 Å². The van der Waals surface area contributed by atoms with E-state index in [4.69, 9.17) is 0 Å². The lowest BCUT2D eigenvalue weighted by atomic mass is 9.83. The Morgan fingerprint density at radius 3 is 1.49 bits per heavy atom. The second kappa shape index (κ2) is 7.50. The van der Waals surface area contributed by atoms with Gasteiger partial charge in [0.2, 0.25) is 5.78 Å². The van der Waals surface area contributed by atoms with Crippen LogP contribution in [0.4, 0.5) is 11.4 Å². The Morgan fingerprint density at radius 2 is 0.914 bits per heavy atom. The topological polar surface area (TPSA) is 107 Å². The average Bonchev–Trinajstić information content (AvgIpc) is 2.90. The molecule has 0 amide bonds.